The van der Waals surface area contributed by atoms with E-state index >= 15 is 0 Å². The largest absolute Gasteiger partial charge is 0.492 e. The summed E-state index contributed by atoms with van der Waals surface area (Å²) in [6.45, 7) is 7.78. The maximum absolute atomic E-state index is 12.3. The highest BCUT2D eigenvalue weighted by Gasteiger charge is 2.28. The summed E-state index contributed by atoms with van der Waals surface area (Å²) in [7, 11) is 0. The highest BCUT2D eigenvalue weighted by molar-refractivity contribution is 5.88. The molecule has 160 valence electrons. The fourth-order valence-corrected chi connectivity index (χ4v) is 4.08. The molecule has 0 spiro atoms. The fraction of sp³-hybridized carbons (Fsp3) is 0.320. The second-order valence-corrected chi connectivity index (χ2v) is 8.52. The van der Waals surface area contributed by atoms with Crippen molar-refractivity contribution < 1.29 is 14.6 Å². The number of aromatic nitrogens is 2. The molecule has 4 heterocycles. The van der Waals surface area contributed by atoms with Crippen LogP contribution >= 0.6 is 0 Å². The fourth-order valence-electron chi connectivity index (χ4n) is 4.08. The number of rotatable bonds is 2. The molecule has 5 rings (SSSR count). The number of hydrogen-bond donors (Lipinski definition) is 1. The molecule has 1 aromatic carbocycles. The van der Waals surface area contributed by atoms with Crippen LogP contribution in [0.3, 0.4) is 0 Å². The summed E-state index contributed by atoms with van der Waals surface area (Å²) in [4.78, 5) is 27.8. The number of carbonyl (C=O) groups is 1. The second-order valence-electron chi connectivity index (χ2n) is 8.52. The van der Waals surface area contributed by atoms with Crippen molar-refractivity contribution in [1.29, 1.82) is 0 Å². The van der Waals surface area contributed by atoms with E-state index in [0.717, 1.165) is 46.9 Å². The van der Waals surface area contributed by atoms with Crippen LogP contribution in [-0.2, 0) is 19.4 Å². The van der Waals surface area contributed by atoms with Crippen molar-refractivity contribution in [2.45, 2.75) is 40.2 Å². The maximum Gasteiger partial charge on any atom is 0.341 e. The molecular weight excluding hydrogens is 392 g/mol. The van der Waals surface area contributed by atoms with Gasteiger partial charge in [0.05, 0.1) is 12.3 Å². The molecule has 6 heteroatoms. The van der Waals surface area contributed by atoms with Gasteiger partial charge >= 0.3 is 5.97 Å². The topological polar surface area (TPSA) is 81.4 Å². The lowest BCUT2D eigenvalue weighted by molar-refractivity contribution is 0.0694. The Morgan fingerprint density at radius 3 is 2.61 bits per heavy atom. The Labute approximate surface area is 181 Å². The third kappa shape index (κ3) is 3.98. The Balaban J connectivity index is 0.000000535. The smallest absolute Gasteiger partial charge is 0.341 e. The average Bonchev–Trinajstić information content (AvgIpc) is 3.22. The summed E-state index contributed by atoms with van der Waals surface area (Å²) in [5.41, 5.74) is 5.35. The summed E-state index contributed by atoms with van der Waals surface area (Å²) < 4.78 is 7.80. The Kier molecular flexibility index (Phi) is 5.63. The molecule has 3 aromatic rings. The minimum atomic E-state index is -1.19. The Bertz CT molecular complexity index is 1190. The summed E-state index contributed by atoms with van der Waals surface area (Å²) >= 11 is 0. The van der Waals surface area contributed by atoms with Gasteiger partial charge in [0.2, 0.25) is 0 Å². The molecule has 0 radical (unpaired) electrons. The summed E-state index contributed by atoms with van der Waals surface area (Å²) in [6.07, 6.45) is 6.60. The molecule has 2 aliphatic rings. The van der Waals surface area contributed by atoms with E-state index < -0.39 is 11.4 Å². The molecule has 0 aliphatic carbocycles. The lowest BCUT2D eigenvalue weighted by Crippen LogP contribution is -2.22. The van der Waals surface area contributed by atoms with Gasteiger partial charge in [0.1, 0.15) is 11.3 Å². The van der Waals surface area contributed by atoms with E-state index in [1.165, 1.54) is 23.4 Å². The lowest BCUT2D eigenvalue weighted by Gasteiger charge is -2.25. The molecule has 2 aromatic heterocycles. The number of hydrogen-bond acceptors (Lipinski definition) is 4. The SMILES string of the molecule is CC(C)C.O=C(O)c1cn2c(cc1=O)-c1cc(-c3cccnc3)c3c(c1CC2)CCO3. The van der Waals surface area contributed by atoms with Gasteiger partial charge in [0, 0.05) is 59.9 Å². The third-order valence-electron chi connectivity index (χ3n) is 5.30. The highest BCUT2D eigenvalue weighted by atomic mass is 16.5. The first kappa shape index (κ1) is 20.8. The van der Waals surface area contributed by atoms with Crippen LogP contribution in [0.2, 0.25) is 0 Å². The molecule has 1 N–H and O–H groups in total. The van der Waals surface area contributed by atoms with Crippen LogP contribution < -0.4 is 10.2 Å². The number of aryl methyl sites for hydroxylation is 1. The third-order valence-corrected chi connectivity index (χ3v) is 5.30. The minimum Gasteiger partial charge on any atom is -0.492 e. The van der Waals surface area contributed by atoms with E-state index in [1.807, 2.05) is 22.8 Å². The number of carboxylic acid groups (broad SMARTS) is 1. The minimum absolute atomic E-state index is 0.195. The van der Waals surface area contributed by atoms with E-state index in [1.54, 1.807) is 12.4 Å². The van der Waals surface area contributed by atoms with Crippen LogP contribution in [0, 0.1) is 5.92 Å². The number of ether oxygens (including phenoxy) is 1. The van der Waals surface area contributed by atoms with Gasteiger partial charge in [-0.15, -0.1) is 0 Å². The van der Waals surface area contributed by atoms with Gasteiger partial charge in [0.15, 0.2) is 5.43 Å². The van der Waals surface area contributed by atoms with Crippen molar-refractivity contribution in [2.24, 2.45) is 5.92 Å². The zero-order valence-electron chi connectivity index (χ0n) is 18.0. The van der Waals surface area contributed by atoms with Crippen molar-refractivity contribution in [1.82, 2.24) is 9.55 Å². The second kappa shape index (κ2) is 8.38. The van der Waals surface area contributed by atoms with Crippen LogP contribution in [-0.4, -0.2) is 27.2 Å². The summed E-state index contributed by atoms with van der Waals surface area (Å²) in [6, 6.07) is 7.35. The van der Waals surface area contributed by atoms with Crippen LogP contribution in [0.15, 0.2) is 47.7 Å². The van der Waals surface area contributed by atoms with Crippen molar-refractivity contribution in [2.75, 3.05) is 6.61 Å². The number of pyridine rings is 2. The number of nitrogens with zero attached hydrogens (tertiary/aromatic N) is 2. The molecule has 0 saturated carbocycles. The Hall–Kier alpha value is -3.41. The Morgan fingerprint density at radius 1 is 1.16 bits per heavy atom. The average molecular weight is 418 g/mol. The van der Waals surface area contributed by atoms with Gasteiger partial charge in [-0.1, -0.05) is 26.8 Å². The number of aromatic carboxylic acids is 1. The standard InChI is InChI=1S/C21H16N2O4.C4H10/c24-19-9-18-16-8-15(12-2-1-5-22-10-12)20-14(4-7-27-20)13(16)3-6-23(18)11-17(19)21(25)26;1-4(2)3/h1-2,5,8-11H,3-4,6-7H2,(H,25,26);4H,1-3H3. The first-order valence-electron chi connectivity index (χ1n) is 10.6. The van der Waals surface area contributed by atoms with Crippen LogP contribution in [0.5, 0.6) is 5.75 Å². The Morgan fingerprint density at radius 2 is 1.94 bits per heavy atom. The summed E-state index contributed by atoms with van der Waals surface area (Å²) in [5, 5.41) is 9.25. The monoisotopic (exact) mass is 418 g/mol. The van der Waals surface area contributed by atoms with Crippen LogP contribution in [0.4, 0.5) is 0 Å². The molecule has 2 aliphatic heterocycles. The van der Waals surface area contributed by atoms with E-state index in [9.17, 15) is 14.7 Å². The van der Waals surface area contributed by atoms with Crippen LogP contribution in [0.1, 0.15) is 42.3 Å². The number of carboxylic acids is 1. The van der Waals surface area contributed by atoms with Crippen molar-refractivity contribution in [3.8, 4) is 28.1 Å². The maximum atomic E-state index is 12.3. The molecular formula is C25H26N2O4. The molecule has 6 nitrogen and oxygen atoms in total. The molecule has 0 amide bonds. The van der Waals surface area contributed by atoms with Gasteiger partial charge in [0.25, 0.3) is 0 Å². The molecule has 0 unspecified atom stereocenters. The molecule has 0 atom stereocenters. The van der Waals surface area contributed by atoms with E-state index in [-0.39, 0.29) is 5.56 Å². The van der Waals surface area contributed by atoms with E-state index in [2.05, 4.69) is 25.8 Å². The quantitative estimate of drug-likeness (QED) is 0.666. The molecule has 0 saturated heterocycles. The van der Waals surface area contributed by atoms with Crippen molar-refractivity contribution in [3.63, 3.8) is 0 Å². The highest BCUT2D eigenvalue weighted by Crippen LogP contribution is 2.44. The molecule has 31 heavy (non-hydrogen) atoms. The predicted molar refractivity (Wildman–Crippen MR) is 120 cm³/mol. The number of fused-ring (bicyclic) bond motifs is 5. The van der Waals surface area contributed by atoms with Gasteiger partial charge in [-0.2, -0.15) is 0 Å². The predicted octanol–water partition coefficient (Wildman–Crippen LogP) is 4.43. The van der Waals surface area contributed by atoms with E-state index in [0.29, 0.717) is 13.2 Å². The van der Waals surface area contributed by atoms with Gasteiger partial charge < -0.3 is 14.4 Å². The first-order valence-corrected chi connectivity index (χ1v) is 10.6. The van der Waals surface area contributed by atoms with Gasteiger partial charge in [-0.25, -0.2) is 4.79 Å². The van der Waals surface area contributed by atoms with Crippen molar-refractivity contribution in [3.05, 3.63) is 69.8 Å². The number of benzene rings is 1. The summed E-state index contributed by atoms with van der Waals surface area (Å²) in [5.74, 6) is 0.541. The normalized spacial score (nSPS) is 13.4. The van der Waals surface area contributed by atoms with Gasteiger partial charge in [-0.3, -0.25) is 9.78 Å². The molecule has 0 bridgehead atoms. The van der Waals surface area contributed by atoms with Crippen molar-refractivity contribution >= 4 is 5.97 Å². The van der Waals surface area contributed by atoms with E-state index in [4.69, 9.17) is 4.74 Å². The first-order chi connectivity index (χ1) is 14.9. The molecule has 0 fully saturated rings. The van der Waals surface area contributed by atoms with Crippen LogP contribution in [0.25, 0.3) is 22.4 Å². The zero-order chi connectivity index (χ0) is 22.1. The van der Waals surface area contributed by atoms with Gasteiger partial charge in [-0.05, 0) is 30.0 Å². The zero-order valence-corrected chi connectivity index (χ0v) is 18.0. The lowest BCUT2D eigenvalue weighted by atomic mass is 9.87.